The molecule has 1 unspecified atom stereocenters. The second-order valence-corrected chi connectivity index (χ2v) is 4.70. The van der Waals surface area contributed by atoms with E-state index in [0.29, 0.717) is 12.5 Å². The minimum Gasteiger partial charge on any atom is -0.495 e. The third kappa shape index (κ3) is 2.95. The molecule has 0 aliphatic rings. The summed E-state index contributed by atoms with van der Waals surface area (Å²) in [5.41, 5.74) is 8.05. The zero-order valence-electron chi connectivity index (χ0n) is 9.51. The van der Waals surface area contributed by atoms with Crippen molar-refractivity contribution in [3.8, 4) is 5.75 Å². The molecule has 2 nitrogen and oxygen atoms in total. The molecule has 1 atom stereocenters. The highest BCUT2D eigenvalue weighted by Gasteiger charge is 2.14. The molecular formula is C12H18BrNO. The van der Waals surface area contributed by atoms with E-state index in [1.54, 1.807) is 7.11 Å². The lowest BCUT2D eigenvalue weighted by molar-refractivity contribution is 0.402. The number of hydrogen-bond acceptors (Lipinski definition) is 2. The maximum Gasteiger partial charge on any atom is 0.136 e. The van der Waals surface area contributed by atoms with Gasteiger partial charge >= 0.3 is 0 Å². The summed E-state index contributed by atoms with van der Waals surface area (Å²) in [5.74, 6) is 1.36. The van der Waals surface area contributed by atoms with Crippen molar-refractivity contribution in [3.05, 3.63) is 27.7 Å². The van der Waals surface area contributed by atoms with Gasteiger partial charge in [0.25, 0.3) is 0 Å². The van der Waals surface area contributed by atoms with E-state index < -0.39 is 0 Å². The Morgan fingerprint density at radius 3 is 2.67 bits per heavy atom. The SMILES string of the molecule is COc1c(Br)cc(C)cc1C(C)CCN. The maximum atomic E-state index is 5.58. The lowest BCUT2D eigenvalue weighted by Crippen LogP contribution is -2.06. The maximum absolute atomic E-state index is 5.58. The van der Waals surface area contributed by atoms with Crippen LogP contribution in [-0.2, 0) is 0 Å². The highest BCUT2D eigenvalue weighted by molar-refractivity contribution is 9.10. The van der Waals surface area contributed by atoms with Crippen LogP contribution in [-0.4, -0.2) is 13.7 Å². The number of methoxy groups -OCH3 is 1. The van der Waals surface area contributed by atoms with Gasteiger partial charge in [0, 0.05) is 0 Å². The summed E-state index contributed by atoms with van der Waals surface area (Å²) in [5, 5.41) is 0. The van der Waals surface area contributed by atoms with E-state index in [-0.39, 0.29) is 0 Å². The molecule has 1 aromatic rings. The molecule has 84 valence electrons. The van der Waals surface area contributed by atoms with E-state index in [9.17, 15) is 0 Å². The fourth-order valence-corrected chi connectivity index (χ4v) is 2.49. The molecule has 0 saturated carbocycles. The van der Waals surface area contributed by atoms with Gasteiger partial charge in [-0.3, -0.25) is 0 Å². The quantitative estimate of drug-likeness (QED) is 0.913. The van der Waals surface area contributed by atoms with Gasteiger partial charge in [0.05, 0.1) is 11.6 Å². The smallest absolute Gasteiger partial charge is 0.136 e. The first-order chi connectivity index (χ1) is 7.10. The monoisotopic (exact) mass is 271 g/mol. The number of aryl methyl sites for hydroxylation is 1. The van der Waals surface area contributed by atoms with E-state index >= 15 is 0 Å². The summed E-state index contributed by atoms with van der Waals surface area (Å²) in [6.45, 7) is 4.97. The molecule has 1 rings (SSSR count). The van der Waals surface area contributed by atoms with Gasteiger partial charge in [-0.15, -0.1) is 0 Å². The Morgan fingerprint density at radius 2 is 2.13 bits per heavy atom. The van der Waals surface area contributed by atoms with E-state index in [1.165, 1.54) is 11.1 Å². The first kappa shape index (κ1) is 12.5. The van der Waals surface area contributed by atoms with Crippen molar-refractivity contribution in [1.29, 1.82) is 0 Å². The second-order valence-electron chi connectivity index (χ2n) is 3.85. The molecule has 0 radical (unpaired) electrons. The van der Waals surface area contributed by atoms with Crippen molar-refractivity contribution in [2.24, 2.45) is 5.73 Å². The molecule has 0 aliphatic carbocycles. The third-order valence-electron chi connectivity index (χ3n) is 2.55. The molecule has 0 spiro atoms. The van der Waals surface area contributed by atoms with Gasteiger partial charge in [-0.05, 0) is 58.9 Å². The van der Waals surface area contributed by atoms with Crippen LogP contribution in [0.15, 0.2) is 16.6 Å². The highest BCUT2D eigenvalue weighted by atomic mass is 79.9. The zero-order chi connectivity index (χ0) is 11.4. The fraction of sp³-hybridized carbons (Fsp3) is 0.500. The lowest BCUT2D eigenvalue weighted by Gasteiger charge is -2.17. The summed E-state index contributed by atoms with van der Waals surface area (Å²) >= 11 is 3.52. The second kappa shape index (κ2) is 5.52. The van der Waals surface area contributed by atoms with Crippen molar-refractivity contribution in [2.75, 3.05) is 13.7 Å². The van der Waals surface area contributed by atoms with E-state index in [4.69, 9.17) is 10.5 Å². The van der Waals surface area contributed by atoms with Crippen LogP contribution in [0.3, 0.4) is 0 Å². The molecule has 0 aliphatic heterocycles. The van der Waals surface area contributed by atoms with Crippen LogP contribution in [0, 0.1) is 6.92 Å². The minimum atomic E-state index is 0.432. The van der Waals surface area contributed by atoms with Crippen LogP contribution < -0.4 is 10.5 Å². The Kier molecular flexibility index (Phi) is 4.61. The minimum absolute atomic E-state index is 0.432. The van der Waals surface area contributed by atoms with Crippen LogP contribution in [0.1, 0.15) is 30.4 Å². The van der Waals surface area contributed by atoms with Crippen molar-refractivity contribution >= 4 is 15.9 Å². The molecule has 0 amide bonds. The average molecular weight is 272 g/mol. The number of halogens is 1. The van der Waals surface area contributed by atoms with Crippen molar-refractivity contribution in [2.45, 2.75) is 26.2 Å². The van der Waals surface area contributed by atoms with E-state index in [2.05, 4.69) is 41.9 Å². The van der Waals surface area contributed by atoms with Gasteiger partial charge in [0.15, 0.2) is 0 Å². The number of hydrogen-bond donors (Lipinski definition) is 1. The molecule has 0 heterocycles. The molecule has 1 aromatic carbocycles. The molecule has 0 saturated heterocycles. The largest absolute Gasteiger partial charge is 0.495 e. The molecule has 0 aromatic heterocycles. The Morgan fingerprint density at radius 1 is 1.47 bits per heavy atom. The Balaban J connectivity index is 3.13. The molecule has 3 heteroatoms. The average Bonchev–Trinajstić information content (AvgIpc) is 2.17. The van der Waals surface area contributed by atoms with Crippen LogP contribution in [0.2, 0.25) is 0 Å². The molecule has 0 bridgehead atoms. The normalized spacial score (nSPS) is 12.6. The van der Waals surface area contributed by atoms with Crippen LogP contribution in [0.5, 0.6) is 5.75 Å². The summed E-state index contributed by atoms with van der Waals surface area (Å²) < 4.78 is 6.43. The highest BCUT2D eigenvalue weighted by Crippen LogP contribution is 2.35. The summed E-state index contributed by atoms with van der Waals surface area (Å²) in [4.78, 5) is 0. The fourth-order valence-electron chi connectivity index (χ4n) is 1.74. The number of benzene rings is 1. The summed E-state index contributed by atoms with van der Waals surface area (Å²) in [7, 11) is 1.70. The van der Waals surface area contributed by atoms with Crippen LogP contribution in [0.4, 0.5) is 0 Å². The standard InChI is InChI=1S/C12H18BrNO/c1-8-6-10(9(2)4-5-14)12(15-3)11(13)7-8/h6-7,9H,4-5,14H2,1-3H3. The Bertz CT molecular complexity index is 339. The first-order valence-electron chi connectivity index (χ1n) is 5.14. The third-order valence-corrected chi connectivity index (χ3v) is 3.14. The number of ether oxygens (including phenoxy) is 1. The van der Waals surface area contributed by atoms with Gasteiger partial charge in [0.2, 0.25) is 0 Å². The number of nitrogens with two attached hydrogens (primary N) is 1. The van der Waals surface area contributed by atoms with E-state index in [0.717, 1.165) is 16.6 Å². The van der Waals surface area contributed by atoms with Gasteiger partial charge in [0.1, 0.15) is 5.75 Å². The number of rotatable bonds is 4. The van der Waals surface area contributed by atoms with Gasteiger partial charge in [-0.25, -0.2) is 0 Å². The van der Waals surface area contributed by atoms with Crippen molar-refractivity contribution < 1.29 is 4.74 Å². The predicted molar refractivity (Wildman–Crippen MR) is 67.5 cm³/mol. The Hall–Kier alpha value is -0.540. The Labute approximate surface area is 99.9 Å². The summed E-state index contributed by atoms with van der Waals surface area (Å²) in [6.07, 6.45) is 0.978. The first-order valence-corrected chi connectivity index (χ1v) is 5.93. The molecule has 0 fully saturated rings. The van der Waals surface area contributed by atoms with Crippen LogP contribution in [0.25, 0.3) is 0 Å². The van der Waals surface area contributed by atoms with Crippen molar-refractivity contribution in [1.82, 2.24) is 0 Å². The zero-order valence-corrected chi connectivity index (χ0v) is 11.1. The molecule has 15 heavy (non-hydrogen) atoms. The topological polar surface area (TPSA) is 35.2 Å². The van der Waals surface area contributed by atoms with Crippen LogP contribution >= 0.6 is 15.9 Å². The van der Waals surface area contributed by atoms with Crippen molar-refractivity contribution in [3.63, 3.8) is 0 Å². The van der Waals surface area contributed by atoms with Gasteiger partial charge in [-0.1, -0.05) is 13.0 Å². The predicted octanol–water partition coefficient (Wildman–Crippen LogP) is 3.22. The lowest BCUT2D eigenvalue weighted by atomic mass is 9.95. The van der Waals surface area contributed by atoms with Gasteiger partial charge in [-0.2, -0.15) is 0 Å². The molecular weight excluding hydrogens is 254 g/mol. The summed E-state index contributed by atoms with van der Waals surface area (Å²) in [6, 6.07) is 4.24. The van der Waals surface area contributed by atoms with E-state index in [1.807, 2.05) is 0 Å². The van der Waals surface area contributed by atoms with Gasteiger partial charge < -0.3 is 10.5 Å². The molecule has 2 N–H and O–H groups in total.